The summed E-state index contributed by atoms with van der Waals surface area (Å²) in [7, 11) is 1.41. The van der Waals surface area contributed by atoms with E-state index in [0.29, 0.717) is 11.6 Å². The lowest BCUT2D eigenvalue weighted by Gasteiger charge is -2.16. The SMILES string of the molecule is CCC(C)n1c(C)cc2c(C(=O)OC)cc(Br)cc21. The quantitative estimate of drug-likeness (QED) is 0.780. The molecule has 0 spiro atoms. The van der Waals surface area contributed by atoms with Crippen molar-refractivity contribution >= 4 is 32.8 Å². The molecule has 1 aromatic carbocycles. The standard InChI is InChI=1S/C15H18BrNO2/c1-5-9(2)17-10(3)6-12-13(15(18)19-4)7-11(16)8-14(12)17/h6-9H,5H2,1-4H3. The van der Waals surface area contributed by atoms with Crippen molar-refractivity contribution in [2.75, 3.05) is 7.11 Å². The fraction of sp³-hybridized carbons (Fsp3) is 0.400. The Bertz CT molecular complexity index is 631. The molecule has 0 amide bonds. The van der Waals surface area contributed by atoms with Gasteiger partial charge in [-0.2, -0.15) is 0 Å². The van der Waals surface area contributed by atoms with Crippen molar-refractivity contribution in [2.45, 2.75) is 33.2 Å². The maximum absolute atomic E-state index is 11.9. The maximum atomic E-state index is 11.9. The van der Waals surface area contributed by atoms with Crippen LogP contribution in [-0.4, -0.2) is 17.6 Å². The van der Waals surface area contributed by atoms with E-state index in [1.54, 1.807) is 0 Å². The highest BCUT2D eigenvalue weighted by atomic mass is 79.9. The first-order chi connectivity index (χ1) is 8.99. The Morgan fingerprint density at radius 2 is 2.11 bits per heavy atom. The third kappa shape index (κ3) is 2.41. The number of aromatic nitrogens is 1. The molecule has 0 fully saturated rings. The number of carbonyl (C=O) groups excluding carboxylic acids is 1. The first-order valence-corrected chi connectivity index (χ1v) is 7.18. The number of aryl methyl sites for hydroxylation is 1. The van der Waals surface area contributed by atoms with E-state index >= 15 is 0 Å². The van der Waals surface area contributed by atoms with Crippen LogP contribution in [0.3, 0.4) is 0 Å². The summed E-state index contributed by atoms with van der Waals surface area (Å²) < 4.78 is 8.03. The van der Waals surface area contributed by atoms with Gasteiger partial charge in [-0.25, -0.2) is 4.79 Å². The summed E-state index contributed by atoms with van der Waals surface area (Å²) in [6, 6.07) is 6.33. The fourth-order valence-electron chi connectivity index (χ4n) is 2.47. The minimum Gasteiger partial charge on any atom is -0.465 e. The average molecular weight is 324 g/mol. The topological polar surface area (TPSA) is 31.2 Å². The minimum atomic E-state index is -0.299. The lowest BCUT2D eigenvalue weighted by molar-refractivity contribution is 0.0603. The van der Waals surface area contributed by atoms with E-state index in [-0.39, 0.29) is 5.97 Å². The van der Waals surface area contributed by atoms with Crippen LogP contribution in [0.4, 0.5) is 0 Å². The van der Waals surface area contributed by atoms with Crippen LogP contribution in [0.5, 0.6) is 0 Å². The van der Waals surface area contributed by atoms with Crippen LogP contribution in [0, 0.1) is 6.92 Å². The summed E-state index contributed by atoms with van der Waals surface area (Å²) in [6.45, 7) is 6.42. The molecule has 0 radical (unpaired) electrons. The number of benzene rings is 1. The Morgan fingerprint density at radius 1 is 1.42 bits per heavy atom. The molecule has 19 heavy (non-hydrogen) atoms. The molecule has 4 heteroatoms. The number of esters is 1. The van der Waals surface area contributed by atoms with Crippen LogP contribution in [0.25, 0.3) is 10.9 Å². The van der Waals surface area contributed by atoms with Crippen molar-refractivity contribution in [3.05, 3.63) is 33.9 Å². The van der Waals surface area contributed by atoms with Gasteiger partial charge in [0.25, 0.3) is 0 Å². The first-order valence-electron chi connectivity index (χ1n) is 6.39. The Labute approximate surface area is 121 Å². The van der Waals surface area contributed by atoms with Crippen molar-refractivity contribution in [3.8, 4) is 0 Å². The number of hydrogen-bond acceptors (Lipinski definition) is 2. The Balaban J connectivity index is 2.78. The Hall–Kier alpha value is -1.29. The molecule has 0 aliphatic rings. The monoisotopic (exact) mass is 323 g/mol. The van der Waals surface area contributed by atoms with Gasteiger partial charge in [0.05, 0.1) is 18.2 Å². The van der Waals surface area contributed by atoms with Crippen molar-refractivity contribution in [2.24, 2.45) is 0 Å². The third-order valence-electron chi connectivity index (χ3n) is 3.55. The Morgan fingerprint density at radius 3 is 2.68 bits per heavy atom. The van der Waals surface area contributed by atoms with E-state index in [1.165, 1.54) is 7.11 Å². The molecular weight excluding hydrogens is 306 g/mol. The zero-order chi connectivity index (χ0) is 14.2. The van der Waals surface area contributed by atoms with Crippen LogP contribution in [0.1, 0.15) is 42.4 Å². The molecule has 0 bridgehead atoms. The number of nitrogens with zero attached hydrogens (tertiary/aromatic N) is 1. The van der Waals surface area contributed by atoms with Gasteiger partial charge in [0.15, 0.2) is 0 Å². The molecule has 102 valence electrons. The number of halogens is 1. The van der Waals surface area contributed by atoms with Crippen molar-refractivity contribution in [3.63, 3.8) is 0 Å². The Kier molecular flexibility index (Phi) is 3.99. The maximum Gasteiger partial charge on any atom is 0.338 e. The summed E-state index contributed by atoms with van der Waals surface area (Å²) in [5.74, 6) is -0.299. The summed E-state index contributed by atoms with van der Waals surface area (Å²) in [6.07, 6.45) is 1.05. The molecule has 0 aliphatic heterocycles. The highest BCUT2D eigenvalue weighted by Crippen LogP contribution is 2.31. The lowest BCUT2D eigenvalue weighted by Crippen LogP contribution is -2.06. The van der Waals surface area contributed by atoms with Crippen molar-refractivity contribution in [1.82, 2.24) is 4.57 Å². The molecule has 0 saturated heterocycles. The van der Waals surface area contributed by atoms with Gasteiger partial charge in [0.2, 0.25) is 0 Å². The second-order valence-electron chi connectivity index (χ2n) is 4.79. The molecule has 0 N–H and O–H groups in total. The van der Waals surface area contributed by atoms with Crippen LogP contribution < -0.4 is 0 Å². The molecule has 2 rings (SSSR count). The molecule has 1 aromatic heterocycles. The zero-order valence-corrected chi connectivity index (χ0v) is 13.2. The molecule has 1 atom stereocenters. The van der Waals surface area contributed by atoms with Gasteiger partial charge >= 0.3 is 5.97 Å². The van der Waals surface area contributed by atoms with E-state index in [1.807, 2.05) is 6.07 Å². The van der Waals surface area contributed by atoms with Crippen LogP contribution >= 0.6 is 15.9 Å². The normalized spacial score (nSPS) is 12.7. The van der Waals surface area contributed by atoms with Crippen LogP contribution in [-0.2, 0) is 4.74 Å². The van der Waals surface area contributed by atoms with Crippen LogP contribution in [0.15, 0.2) is 22.7 Å². The highest BCUT2D eigenvalue weighted by molar-refractivity contribution is 9.10. The van der Waals surface area contributed by atoms with Crippen LogP contribution in [0.2, 0.25) is 0 Å². The second kappa shape index (κ2) is 5.37. The smallest absolute Gasteiger partial charge is 0.338 e. The van der Waals surface area contributed by atoms with Gasteiger partial charge in [0, 0.05) is 21.6 Å². The van der Waals surface area contributed by atoms with Crippen molar-refractivity contribution < 1.29 is 9.53 Å². The summed E-state index contributed by atoms with van der Waals surface area (Å²) in [5.41, 5.74) is 2.84. The molecule has 2 aromatic rings. The molecule has 0 aliphatic carbocycles. The number of fused-ring (bicyclic) bond motifs is 1. The van der Waals surface area contributed by atoms with Gasteiger partial charge < -0.3 is 9.30 Å². The summed E-state index contributed by atoms with van der Waals surface area (Å²) in [4.78, 5) is 11.9. The lowest BCUT2D eigenvalue weighted by atomic mass is 10.1. The summed E-state index contributed by atoms with van der Waals surface area (Å²) in [5, 5.41) is 0.952. The predicted octanol–water partition coefficient (Wildman–Crippen LogP) is 4.47. The van der Waals surface area contributed by atoms with Gasteiger partial charge in [-0.1, -0.05) is 22.9 Å². The molecule has 1 heterocycles. The number of carbonyl (C=O) groups is 1. The number of methoxy groups -OCH3 is 1. The third-order valence-corrected chi connectivity index (χ3v) is 4.01. The molecule has 3 nitrogen and oxygen atoms in total. The van der Waals surface area contributed by atoms with Gasteiger partial charge in [0.1, 0.15) is 0 Å². The van der Waals surface area contributed by atoms with Gasteiger partial charge in [-0.3, -0.25) is 0 Å². The molecule has 1 unspecified atom stereocenters. The predicted molar refractivity (Wildman–Crippen MR) is 80.7 cm³/mol. The average Bonchev–Trinajstić information content (AvgIpc) is 2.72. The van der Waals surface area contributed by atoms with E-state index in [4.69, 9.17) is 4.74 Å². The van der Waals surface area contributed by atoms with E-state index < -0.39 is 0 Å². The van der Waals surface area contributed by atoms with Gasteiger partial charge in [-0.15, -0.1) is 0 Å². The fourth-order valence-corrected chi connectivity index (χ4v) is 2.92. The van der Waals surface area contributed by atoms with Crippen molar-refractivity contribution in [1.29, 1.82) is 0 Å². The number of hydrogen-bond donors (Lipinski definition) is 0. The summed E-state index contributed by atoms with van der Waals surface area (Å²) >= 11 is 3.47. The van der Waals surface area contributed by atoms with E-state index in [9.17, 15) is 4.79 Å². The minimum absolute atomic E-state index is 0.299. The highest BCUT2D eigenvalue weighted by Gasteiger charge is 2.17. The molecular formula is C15H18BrNO2. The van der Waals surface area contributed by atoms with Gasteiger partial charge in [-0.05, 0) is 38.5 Å². The number of rotatable bonds is 3. The largest absolute Gasteiger partial charge is 0.465 e. The van der Waals surface area contributed by atoms with E-state index in [0.717, 1.165) is 27.5 Å². The van der Waals surface area contributed by atoms with E-state index in [2.05, 4.69) is 53.4 Å². The second-order valence-corrected chi connectivity index (χ2v) is 5.71. The first kappa shape index (κ1) is 14.1. The zero-order valence-electron chi connectivity index (χ0n) is 11.7. The number of ether oxygens (including phenoxy) is 1. The molecule has 0 saturated carbocycles.